The van der Waals surface area contributed by atoms with Crippen LogP contribution in [0.4, 0.5) is 0 Å². The second kappa shape index (κ2) is 12.1. The number of hydrogen-bond donors (Lipinski definition) is 1. The van der Waals surface area contributed by atoms with Crippen LogP contribution in [0.3, 0.4) is 0 Å². The zero-order valence-electron chi connectivity index (χ0n) is 22.1. The number of hydrogen-bond acceptors (Lipinski definition) is 2. The molecule has 2 heterocycles. The van der Waals surface area contributed by atoms with Crippen molar-refractivity contribution in [3.05, 3.63) is 71.4 Å². The van der Waals surface area contributed by atoms with E-state index in [4.69, 9.17) is 0 Å². The summed E-state index contributed by atoms with van der Waals surface area (Å²) in [6.07, 6.45) is 11.2. The van der Waals surface area contributed by atoms with E-state index in [2.05, 4.69) is 58.1 Å². The molecule has 1 aliphatic heterocycles. The van der Waals surface area contributed by atoms with Crippen molar-refractivity contribution in [1.82, 2.24) is 14.8 Å². The van der Waals surface area contributed by atoms with Crippen LogP contribution < -0.4 is 0 Å². The summed E-state index contributed by atoms with van der Waals surface area (Å²) in [4.78, 5) is 22.0. The summed E-state index contributed by atoms with van der Waals surface area (Å²) in [5, 5.41) is 1.12. The van der Waals surface area contributed by atoms with E-state index in [0.29, 0.717) is 11.8 Å². The van der Waals surface area contributed by atoms with E-state index in [9.17, 15) is 4.79 Å². The van der Waals surface area contributed by atoms with Gasteiger partial charge in [-0.1, -0.05) is 68.7 Å². The molecule has 36 heavy (non-hydrogen) atoms. The first-order chi connectivity index (χ1) is 17.7. The van der Waals surface area contributed by atoms with Crippen LogP contribution in [-0.4, -0.2) is 53.4 Å². The van der Waals surface area contributed by atoms with E-state index in [0.717, 1.165) is 55.6 Å². The molecular weight excluding hydrogens is 442 g/mol. The minimum absolute atomic E-state index is 0.185. The lowest BCUT2D eigenvalue weighted by Crippen LogP contribution is -2.45. The van der Waals surface area contributed by atoms with Crippen LogP contribution in [0, 0.1) is 11.8 Å². The standard InChI is InChI=1S/C32H43N3O/c1-2-25-12-8-13-26(20-25)17-19-34-18-9-14-28(22-34)24-35(23-27-10-4-3-5-11-27)32(36)31-21-29-15-6-7-16-30(29)33-31/h6-8,12-13,15-16,20-21,27-28,33H,2-5,9-11,14,17-19,22-24H2,1H3. The number of aryl methyl sites for hydroxylation is 1. The molecule has 0 spiro atoms. The van der Waals surface area contributed by atoms with Gasteiger partial charge in [0.25, 0.3) is 5.91 Å². The summed E-state index contributed by atoms with van der Waals surface area (Å²) < 4.78 is 0. The molecular formula is C32H43N3O. The minimum Gasteiger partial charge on any atom is -0.351 e. The second-order valence-corrected chi connectivity index (χ2v) is 11.2. The Hall–Kier alpha value is -2.59. The zero-order chi connectivity index (χ0) is 24.7. The number of nitrogens with zero attached hydrogens (tertiary/aromatic N) is 2. The maximum atomic E-state index is 13.8. The molecule has 2 aliphatic rings. The summed E-state index contributed by atoms with van der Waals surface area (Å²) in [5.74, 6) is 1.39. The summed E-state index contributed by atoms with van der Waals surface area (Å²) in [6, 6.07) is 19.3. The molecule has 1 unspecified atom stereocenters. The van der Waals surface area contributed by atoms with E-state index in [1.165, 1.54) is 62.6 Å². The Bertz CT molecular complexity index is 1100. The molecule has 5 rings (SSSR count). The predicted molar refractivity (Wildman–Crippen MR) is 149 cm³/mol. The second-order valence-electron chi connectivity index (χ2n) is 11.2. The van der Waals surface area contributed by atoms with E-state index in [-0.39, 0.29) is 5.91 Å². The molecule has 1 aromatic heterocycles. The first kappa shape index (κ1) is 25.1. The van der Waals surface area contributed by atoms with Crippen LogP contribution in [0.25, 0.3) is 10.9 Å². The normalized spacial score (nSPS) is 19.5. The molecule has 1 N–H and O–H groups in total. The number of para-hydroxylation sites is 1. The fourth-order valence-electron chi connectivity index (χ4n) is 6.39. The monoisotopic (exact) mass is 485 g/mol. The summed E-state index contributed by atoms with van der Waals surface area (Å²) in [7, 11) is 0. The number of piperidine rings is 1. The Morgan fingerprint density at radius 2 is 1.69 bits per heavy atom. The Morgan fingerprint density at radius 1 is 0.917 bits per heavy atom. The average molecular weight is 486 g/mol. The largest absolute Gasteiger partial charge is 0.351 e. The van der Waals surface area contributed by atoms with Crippen LogP contribution in [-0.2, 0) is 12.8 Å². The molecule has 0 radical (unpaired) electrons. The number of carbonyl (C=O) groups is 1. The van der Waals surface area contributed by atoms with Crippen molar-refractivity contribution in [2.75, 3.05) is 32.7 Å². The third-order valence-electron chi connectivity index (χ3n) is 8.45. The highest BCUT2D eigenvalue weighted by molar-refractivity contribution is 5.98. The van der Waals surface area contributed by atoms with Crippen molar-refractivity contribution in [3.8, 4) is 0 Å². The first-order valence-electron chi connectivity index (χ1n) is 14.3. The Balaban J connectivity index is 1.24. The number of fused-ring (bicyclic) bond motifs is 1. The molecule has 192 valence electrons. The predicted octanol–water partition coefficient (Wildman–Crippen LogP) is 6.71. The summed E-state index contributed by atoms with van der Waals surface area (Å²) in [6.45, 7) is 7.42. The molecule has 4 nitrogen and oxygen atoms in total. The third kappa shape index (κ3) is 6.39. The minimum atomic E-state index is 0.185. The van der Waals surface area contributed by atoms with Gasteiger partial charge in [0.1, 0.15) is 5.69 Å². The number of nitrogens with one attached hydrogen (secondary N) is 1. The molecule has 1 aliphatic carbocycles. The molecule has 1 saturated carbocycles. The van der Waals surface area contributed by atoms with E-state index >= 15 is 0 Å². The fourth-order valence-corrected chi connectivity index (χ4v) is 6.39. The van der Waals surface area contributed by atoms with Gasteiger partial charge >= 0.3 is 0 Å². The van der Waals surface area contributed by atoms with Crippen molar-refractivity contribution >= 4 is 16.8 Å². The van der Waals surface area contributed by atoms with Crippen molar-refractivity contribution in [1.29, 1.82) is 0 Å². The van der Waals surface area contributed by atoms with Crippen LogP contribution in [0.15, 0.2) is 54.6 Å². The van der Waals surface area contributed by atoms with Gasteiger partial charge in [-0.2, -0.15) is 0 Å². The topological polar surface area (TPSA) is 39.3 Å². The van der Waals surface area contributed by atoms with Crippen LogP contribution in [0.2, 0.25) is 0 Å². The van der Waals surface area contributed by atoms with Gasteiger partial charge in [0, 0.05) is 37.1 Å². The molecule has 1 atom stereocenters. The van der Waals surface area contributed by atoms with Gasteiger partial charge in [-0.3, -0.25) is 4.79 Å². The highest BCUT2D eigenvalue weighted by atomic mass is 16.2. The quantitative estimate of drug-likeness (QED) is 0.366. The number of aromatic nitrogens is 1. The van der Waals surface area contributed by atoms with Crippen molar-refractivity contribution in [2.45, 2.75) is 64.7 Å². The third-order valence-corrected chi connectivity index (χ3v) is 8.45. The number of benzene rings is 2. The summed E-state index contributed by atoms with van der Waals surface area (Å²) in [5.41, 5.74) is 4.67. The lowest BCUT2D eigenvalue weighted by Gasteiger charge is -2.37. The number of likely N-dealkylation sites (tertiary alicyclic amines) is 1. The molecule has 2 aromatic carbocycles. The van der Waals surface area contributed by atoms with Gasteiger partial charge in [0.15, 0.2) is 0 Å². The Morgan fingerprint density at radius 3 is 2.53 bits per heavy atom. The molecule has 4 heteroatoms. The lowest BCUT2D eigenvalue weighted by molar-refractivity contribution is 0.0623. The van der Waals surface area contributed by atoms with Gasteiger partial charge in [0.05, 0.1) is 0 Å². The van der Waals surface area contributed by atoms with Gasteiger partial charge in [-0.15, -0.1) is 0 Å². The number of H-pyrrole nitrogens is 1. The number of rotatable bonds is 9. The van der Waals surface area contributed by atoms with Crippen LogP contribution in [0.1, 0.15) is 73.5 Å². The number of aromatic amines is 1. The number of carbonyl (C=O) groups excluding carboxylic acids is 1. The molecule has 2 fully saturated rings. The highest BCUT2D eigenvalue weighted by Crippen LogP contribution is 2.27. The smallest absolute Gasteiger partial charge is 0.270 e. The Labute approximate surface area is 217 Å². The van der Waals surface area contributed by atoms with E-state index in [1.54, 1.807) is 0 Å². The van der Waals surface area contributed by atoms with Gasteiger partial charge < -0.3 is 14.8 Å². The first-order valence-corrected chi connectivity index (χ1v) is 14.3. The van der Waals surface area contributed by atoms with Crippen molar-refractivity contribution in [3.63, 3.8) is 0 Å². The average Bonchev–Trinajstić information content (AvgIpc) is 3.36. The van der Waals surface area contributed by atoms with Gasteiger partial charge in [-0.05, 0) is 80.2 Å². The zero-order valence-corrected chi connectivity index (χ0v) is 22.1. The maximum absolute atomic E-state index is 13.8. The lowest BCUT2D eigenvalue weighted by atomic mass is 9.88. The van der Waals surface area contributed by atoms with Crippen molar-refractivity contribution < 1.29 is 4.79 Å². The molecule has 1 amide bonds. The van der Waals surface area contributed by atoms with Crippen molar-refractivity contribution in [2.24, 2.45) is 11.8 Å². The van der Waals surface area contributed by atoms with Crippen LogP contribution in [0.5, 0.6) is 0 Å². The SMILES string of the molecule is CCc1cccc(CCN2CCCC(CN(CC3CCCCC3)C(=O)c3cc4ccccc4[nH]3)C2)c1. The molecule has 0 bridgehead atoms. The fraction of sp³-hybridized carbons (Fsp3) is 0.531. The summed E-state index contributed by atoms with van der Waals surface area (Å²) >= 11 is 0. The molecule has 3 aromatic rings. The van der Waals surface area contributed by atoms with E-state index in [1.807, 2.05) is 18.2 Å². The van der Waals surface area contributed by atoms with Gasteiger partial charge in [-0.25, -0.2) is 0 Å². The van der Waals surface area contributed by atoms with Gasteiger partial charge in [0.2, 0.25) is 0 Å². The van der Waals surface area contributed by atoms with Crippen LogP contribution >= 0.6 is 0 Å². The Kier molecular flexibility index (Phi) is 8.43. The van der Waals surface area contributed by atoms with E-state index < -0.39 is 0 Å². The molecule has 1 saturated heterocycles. The maximum Gasteiger partial charge on any atom is 0.270 e. The number of amides is 1. The highest BCUT2D eigenvalue weighted by Gasteiger charge is 2.28.